The Hall–Kier alpha value is -2.82. The molecule has 0 saturated heterocycles. The second kappa shape index (κ2) is 8.15. The van der Waals surface area contributed by atoms with Crippen LogP contribution in [0.1, 0.15) is 29.8 Å². The molecule has 0 heterocycles. The summed E-state index contributed by atoms with van der Waals surface area (Å²) in [5.74, 6) is -0.0863. The Morgan fingerprint density at radius 1 is 1.08 bits per heavy atom. The number of benzene rings is 2. The molecule has 0 radical (unpaired) electrons. The standard InChI is InChI=1S/C19H21NO4/c1-13(2)12-24-16-9-7-14(8-10-16)19(23)20-17-6-4-3-5-15(17)11-18(21)22/h3-10,13H,11-12H2,1-2H3,(H,20,23)(H,21,22). The molecule has 126 valence electrons. The molecule has 2 aromatic rings. The van der Waals surface area contributed by atoms with Gasteiger partial charge in [0.25, 0.3) is 5.91 Å². The zero-order valence-corrected chi connectivity index (χ0v) is 13.8. The van der Waals surface area contributed by atoms with Crippen LogP contribution in [0.2, 0.25) is 0 Å². The molecule has 0 aromatic heterocycles. The zero-order valence-electron chi connectivity index (χ0n) is 13.8. The minimum absolute atomic E-state index is 0.140. The Labute approximate surface area is 141 Å². The minimum atomic E-state index is -0.941. The van der Waals surface area contributed by atoms with E-state index in [0.29, 0.717) is 35.1 Å². The summed E-state index contributed by atoms with van der Waals surface area (Å²) in [4.78, 5) is 23.2. The fraction of sp³-hybridized carbons (Fsp3) is 0.263. The summed E-state index contributed by atoms with van der Waals surface area (Å²) < 4.78 is 5.59. The van der Waals surface area contributed by atoms with Crippen LogP contribution >= 0.6 is 0 Å². The van der Waals surface area contributed by atoms with Gasteiger partial charge < -0.3 is 15.2 Å². The van der Waals surface area contributed by atoms with E-state index in [1.54, 1.807) is 48.5 Å². The van der Waals surface area contributed by atoms with Gasteiger partial charge in [-0.05, 0) is 41.8 Å². The van der Waals surface area contributed by atoms with Gasteiger partial charge in [-0.25, -0.2) is 0 Å². The lowest BCUT2D eigenvalue weighted by molar-refractivity contribution is -0.136. The van der Waals surface area contributed by atoms with Crippen molar-refractivity contribution in [2.45, 2.75) is 20.3 Å². The Morgan fingerprint density at radius 3 is 2.38 bits per heavy atom. The number of aliphatic carboxylic acids is 1. The van der Waals surface area contributed by atoms with Gasteiger partial charge in [0.05, 0.1) is 13.0 Å². The van der Waals surface area contributed by atoms with Crippen molar-refractivity contribution in [3.63, 3.8) is 0 Å². The van der Waals surface area contributed by atoms with Gasteiger partial charge in [-0.15, -0.1) is 0 Å². The molecule has 0 spiro atoms. The van der Waals surface area contributed by atoms with E-state index in [-0.39, 0.29) is 12.3 Å². The van der Waals surface area contributed by atoms with Crippen molar-refractivity contribution in [2.75, 3.05) is 11.9 Å². The maximum atomic E-state index is 12.3. The second-order valence-corrected chi connectivity index (χ2v) is 5.91. The molecule has 2 N–H and O–H groups in total. The Balaban J connectivity index is 2.06. The van der Waals surface area contributed by atoms with Crippen LogP contribution in [0.15, 0.2) is 48.5 Å². The Morgan fingerprint density at radius 2 is 1.75 bits per heavy atom. The highest BCUT2D eigenvalue weighted by molar-refractivity contribution is 6.04. The molecular weight excluding hydrogens is 306 g/mol. The maximum absolute atomic E-state index is 12.3. The molecular formula is C19H21NO4. The van der Waals surface area contributed by atoms with E-state index in [2.05, 4.69) is 19.2 Å². The molecule has 0 aliphatic rings. The monoisotopic (exact) mass is 327 g/mol. The minimum Gasteiger partial charge on any atom is -0.493 e. The lowest BCUT2D eigenvalue weighted by Crippen LogP contribution is -2.14. The predicted molar refractivity (Wildman–Crippen MR) is 92.5 cm³/mol. The summed E-state index contributed by atoms with van der Waals surface area (Å²) in [7, 11) is 0. The van der Waals surface area contributed by atoms with Crippen LogP contribution in [0.4, 0.5) is 5.69 Å². The summed E-state index contributed by atoms with van der Waals surface area (Å²) in [6.45, 7) is 4.75. The molecule has 0 saturated carbocycles. The summed E-state index contributed by atoms with van der Waals surface area (Å²) in [5.41, 5.74) is 1.55. The van der Waals surface area contributed by atoms with Crippen molar-refractivity contribution in [3.8, 4) is 5.75 Å². The first-order valence-electron chi connectivity index (χ1n) is 7.79. The third kappa shape index (κ3) is 5.12. The van der Waals surface area contributed by atoms with Crippen molar-refractivity contribution in [1.29, 1.82) is 0 Å². The van der Waals surface area contributed by atoms with Crippen molar-refractivity contribution < 1.29 is 19.4 Å². The summed E-state index contributed by atoms with van der Waals surface area (Å²) in [6, 6.07) is 13.7. The molecule has 0 bridgehead atoms. The SMILES string of the molecule is CC(C)COc1ccc(C(=O)Nc2ccccc2CC(=O)O)cc1. The van der Waals surface area contributed by atoms with E-state index in [0.717, 1.165) is 0 Å². The first-order chi connectivity index (χ1) is 11.5. The summed E-state index contributed by atoms with van der Waals surface area (Å²) in [6.07, 6.45) is -0.140. The van der Waals surface area contributed by atoms with E-state index in [9.17, 15) is 9.59 Å². The van der Waals surface area contributed by atoms with Crippen molar-refractivity contribution >= 4 is 17.6 Å². The van der Waals surface area contributed by atoms with Crippen LogP contribution in [0, 0.1) is 5.92 Å². The number of carboxylic acid groups (broad SMARTS) is 1. The van der Waals surface area contributed by atoms with Crippen LogP contribution in [0.25, 0.3) is 0 Å². The van der Waals surface area contributed by atoms with Gasteiger partial charge in [0, 0.05) is 11.3 Å². The van der Waals surface area contributed by atoms with Crippen LogP contribution in [0.5, 0.6) is 5.75 Å². The molecule has 5 heteroatoms. The number of para-hydroxylation sites is 1. The molecule has 0 fully saturated rings. The topological polar surface area (TPSA) is 75.6 Å². The van der Waals surface area contributed by atoms with Crippen molar-refractivity contribution in [1.82, 2.24) is 0 Å². The molecule has 1 amide bonds. The highest BCUT2D eigenvalue weighted by Gasteiger charge is 2.11. The van der Waals surface area contributed by atoms with Gasteiger partial charge in [0.15, 0.2) is 0 Å². The second-order valence-electron chi connectivity index (χ2n) is 5.91. The highest BCUT2D eigenvalue weighted by Crippen LogP contribution is 2.18. The molecule has 24 heavy (non-hydrogen) atoms. The number of carboxylic acids is 1. The molecule has 0 unspecified atom stereocenters. The van der Waals surface area contributed by atoms with E-state index in [1.165, 1.54) is 0 Å². The number of carbonyl (C=O) groups is 2. The number of ether oxygens (including phenoxy) is 1. The normalized spacial score (nSPS) is 10.5. The maximum Gasteiger partial charge on any atom is 0.307 e. The number of rotatable bonds is 7. The predicted octanol–water partition coefficient (Wildman–Crippen LogP) is 3.60. The fourth-order valence-electron chi connectivity index (χ4n) is 2.12. The van der Waals surface area contributed by atoms with Crippen molar-refractivity contribution in [2.24, 2.45) is 5.92 Å². The number of anilines is 1. The van der Waals surface area contributed by atoms with Crippen molar-refractivity contribution in [3.05, 3.63) is 59.7 Å². The molecule has 2 aromatic carbocycles. The van der Waals surface area contributed by atoms with Gasteiger partial charge >= 0.3 is 5.97 Å². The zero-order chi connectivity index (χ0) is 17.5. The fourth-order valence-corrected chi connectivity index (χ4v) is 2.12. The number of hydrogen-bond donors (Lipinski definition) is 2. The third-order valence-corrected chi connectivity index (χ3v) is 3.31. The first-order valence-corrected chi connectivity index (χ1v) is 7.79. The van der Waals surface area contributed by atoms with E-state index >= 15 is 0 Å². The lowest BCUT2D eigenvalue weighted by atomic mass is 10.1. The van der Waals surface area contributed by atoms with Gasteiger partial charge in [-0.3, -0.25) is 9.59 Å². The van der Waals surface area contributed by atoms with E-state index < -0.39 is 5.97 Å². The Kier molecular flexibility index (Phi) is 5.95. The number of carbonyl (C=O) groups excluding carboxylic acids is 1. The average Bonchev–Trinajstić information content (AvgIpc) is 2.54. The highest BCUT2D eigenvalue weighted by atomic mass is 16.5. The van der Waals surface area contributed by atoms with Crippen LogP contribution in [-0.2, 0) is 11.2 Å². The lowest BCUT2D eigenvalue weighted by Gasteiger charge is -2.11. The summed E-state index contributed by atoms with van der Waals surface area (Å²) in [5, 5.41) is 11.7. The van der Waals surface area contributed by atoms with Crippen LogP contribution in [-0.4, -0.2) is 23.6 Å². The largest absolute Gasteiger partial charge is 0.493 e. The first kappa shape index (κ1) is 17.5. The van der Waals surface area contributed by atoms with E-state index in [1.807, 2.05) is 0 Å². The molecule has 5 nitrogen and oxygen atoms in total. The van der Waals surface area contributed by atoms with Gasteiger partial charge in [0.1, 0.15) is 5.75 Å². The van der Waals surface area contributed by atoms with Gasteiger partial charge in [0.2, 0.25) is 0 Å². The van der Waals surface area contributed by atoms with Crippen LogP contribution < -0.4 is 10.1 Å². The molecule has 0 aliphatic heterocycles. The molecule has 2 rings (SSSR count). The van der Waals surface area contributed by atoms with Gasteiger partial charge in [-0.1, -0.05) is 32.0 Å². The summed E-state index contributed by atoms with van der Waals surface area (Å²) >= 11 is 0. The third-order valence-electron chi connectivity index (χ3n) is 3.31. The Bertz CT molecular complexity index is 708. The molecule has 0 atom stereocenters. The quantitative estimate of drug-likeness (QED) is 0.815. The van der Waals surface area contributed by atoms with E-state index in [4.69, 9.17) is 9.84 Å². The van der Waals surface area contributed by atoms with Gasteiger partial charge in [-0.2, -0.15) is 0 Å². The number of hydrogen-bond acceptors (Lipinski definition) is 3. The number of nitrogens with one attached hydrogen (secondary N) is 1. The molecule has 0 aliphatic carbocycles. The van der Waals surface area contributed by atoms with Crippen LogP contribution in [0.3, 0.4) is 0 Å². The number of amides is 1. The average molecular weight is 327 g/mol. The smallest absolute Gasteiger partial charge is 0.307 e.